The van der Waals surface area contributed by atoms with Gasteiger partial charge in [-0.1, -0.05) is 18.2 Å². The van der Waals surface area contributed by atoms with E-state index < -0.39 is 0 Å². The number of nitrogen functional groups attached to an aromatic ring is 1. The lowest BCUT2D eigenvalue weighted by molar-refractivity contribution is 0.926. The zero-order valence-corrected chi connectivity index (χ0v) is 11.4. The van der Waals surface area contributed by atoms with E-state index in [0.717, 1.165) is 16.8 Å². The molecule has 0 radical (unpaired) electrons. The van der Waals surface area contributed by atoms with Crippen molar-refractivity contribution in [1.82, 2.24) is 9.55 Å². The Morgan fingerprint density at radius 3 is 2.65 bits per heavy atom. The number of nitrogens with two attached hydrogens (primary N) is 1. The van der Waals surface area contributed by atoms with Crippen molar-refractivity contribution in [3.63, 3.8) is 0 Å². The Bertz CT molecular complexity index is 865. The van der Waals surface area contributed by atoms with Crippen LogP contribution < -0.4 is 11.3 Å². The molecule has 1 heterocycles. The third kappa shape index (κ3) is 1.86. The van der Waals surface area contributed by atoms with E-state index in [-0.39, 0.29) is 5.56 Å². The number of hydrogen-bond donors (Lipinski definition) is 1. The van der Waals surface area contributed by atoms with Gasteiger partial charge in [-0.3, -0.25) is 9.36 Å². The van der Waals surface area contributed by atoms with E-state index >= 15 is 0 Å². The molecular formula is C16H15N3O. The second-order valence-electron chi connectivity index (χ2n) is 4.86. The van der Waals surface area contributed by atoms with E-state index in [0.29, 0.717) is 16.9 Å². The summed E-state index contributed by atoms with van der Waals surface area (Å²) >= 11 is 0. The molecule has 4 heteroatoms. The first-order valence-electron chi connectivity index (χ1n) is 6.43. The van der Waals surface area contributed by atoms with Gasteiger partial charge < -0.3 is 5.73 Å². The number of para-hydroxylation sites is 1. The van der Waals surface area contributed by atoms with Gasteiger partial charge in [-0.15, -0.1) is 0 Å². The van der Waals surface area contributed by atoms with Gasteiger partial charge in [-0.05, 0) is 43.7 Å². The molecule has 100 valence electrons. The maximum absolute atomic E-state index is 12.0. The quantitative estimate of drug-likeness (QED) is 0.688. The van der Waals surface area contributed by atoms with Crippen LogP contribution in [0.3, 0.4) is 0 Å². The minimum absolute atomic E-state index is 0.198. The summed E-state index contributed by atoms with van der Waals surface area (Å²) in [6.07, 6.45) is 0. The molecule has 0 amide bonds. The van der Waals surface area contributed by atoms with Crippen molar-refractivity contribution >= 4 is 16.6 Å². The van der Waals surface area contributed by atoms with Crippen molar-refractivity contribution in [2.75, 3.05) is 5.73 Å². The molecule has 0 saturated heterocycles. The van der Waals surface area contributed by atoms with Crippen LogP contribution in [0.25, 0.3) is 16.6 Å². The highest BCUT2D eigenvalue weighted by Gasteiger charge is 2.11. The molecule has 0 spiro atoms. The van der Waals surface area contributed by atoms with E-state index in [1.807, 2.05) is 54.8 Å². The lowest BCUT2D eigenvalue weighted by Crippen LogP contribution is -2.16. The molecule has 1 aromatic heterocycles. The maximum Gasteiger partial charge on any atom is 0.280 e. The van der Waals surface area contributed by atoms with E-state index in [1.54, 1.807) is 6.07 Å². The molecule has 2 aromatic carbocycles. The van der Waals surface area contributed by atoms with Gasteiger partial charge in [-0.25, -0.2) is 0 Å². The summed E-state index contributed by atoms with van der Waals surface area (Å²) in [6.45, 7) is 3.84. The first-order chi connectivity index (χ1) is 9.58. The van der Waals surface area contributed by atoms with Crippen LogP contribution in [-0.4, -0.2) is 9.55 Å². The highest BCUT2D eigenvalue weighted by molar-refractivity contribution is 5.80. The van der Waals surface area contributed by atoms with Gasteiger partial charge in [0.2, 0.25) is 0 Å². The molecule has 3 aromatic rings. The molecule has 0 aliphatic rings. The van der Waals surface area contributed by atoms with E-state index in [4.69, 9.17) is 5.73 Å². The largest absolute Gasteiger partial charge is 0.399 e. The fraction of sp³-hybridized carbons (Fsp3) is 0.125. The summed E-state index contributed by atoms with van der Waals surface area (Å²) in [4.78, 5) is 16.1. The molecule has 0 aliphatic carbocycles. The van der Waals surface area contributed by atoms with Gasteiger partial charge >= 0.3 is 0 Å². The van der Waals surface area contributed by atoms with Crippen LogP contribution in [0.2, 0.25) is 0 Å². The Balaban J connectivity index is 2.48. The van der Waals surface area contributed by atoms with Crippen molar-refractivity contribution in [3.8, 4) is 5.69 Å². The number of rotatable bonds is 1. The summed E-state index contributed by atoms with van der Waals surface area (Å²) in [7, 11) is 0. The lowest BCUT2D eigenvalue weighted by atomic mass is 10.1. The molecule has 4 nitrogen and oxygen atoms in total. The molecule has 0 saturated carbocycles. The Kier molecular flexibility index (Phi) is 2.79. The van der Waals surface area contributed by atoms with Crippen LogP contribution in [-0.2, 0) is 0 Å². The lowest BCUT2D eigenvalue weighted by Gasteiger charge is -2.16. The number of aryl methyl sites for hydroxylation is 2. The summed E-state index contributed by atoms with van der Waals surface area (Å²) in [5, 5.41) is 0.611. The molecule has 2 N–H and O–H groups in total. The molecule has 3 rings (SSSR count). The Morgan fingerprint density at radius 2 is 1.85 bits per heavy atom. The number of anilines is 1. The number of aromatic nitrogens is 2. The standard InChI is InChI=1S/C16H15N3O/c1-10-7-8-12(17)9-15(10)19-11(2)18-16(20)13-5-3-4-6-14(13)19/h3-9H,17H2,1-2H3. The van der Waals surface area contributed by atoms with Gasteiger partial charge in [0, 0.05) is 5.69 Å². The Labute approximate surface area is 116 Å². The van der Waals surface area contributed by atoms with Gasteiger partial charge in [0.05, 0.1) is 16.6 Å². The molecule has 0 bridgehead atoms. The summed E-state index contributed by atoms with van der Waals surface area (Å²) in [6, 6.07) is 13.2. The summed E-state index contributed by atoms with van der Waals surface area (Å²) in [5.74, 6) is 0.655. The fourth-order valence-electron chi connectivity index (χ4n) is 2.45. The molecule has 20 heavy (non-hydrogen) atoms. The van der Waals surface area contributed by atoms with E-state index in [9.17, 15) is 4.79 Å². The van der Waals surface area contributed by atoms with Crippen LogP contribution in [0.5, 0.6) is 0 Å². The van der Waals surface area contributed by atoms with Crippen molar-refractivity contribution < 1.29 is 0 Å². The topological polar surface area (TPSA) is 60.9 Å². The van der Waals surface area contributed by atoms with Gasteiger partial charge in [0.15, 0.2) is 0 Å². The first-order valence-corrected chi connectivity index (χ1v) is 6.43. The minimum atomic E-state index is -0.198. The third-order valence-corrected chi connectivity index (χ3v) is 3.44. The van der Waals surface area contributed by atoms with Crippen molar-refractivity contribution in [1.29, 1.82) is 0 Å². The zero-order chi connectivity index (χ0) is 14.3. The summed E-state index contributed by atoms with van der Waals surface area (Å²) < 4.78 is 1.97. The predicted octanol–water partition coefficient (Wildman–Crippen LogP) is 2.58. The Hall–Kier alpha value is -2.62. The minimum Gasteiger partial charge on any atom is -0.399 e. The normalized spacial score (nSPS) is 10.9. The van der Waals surface area contributed by atoms with Crippen molar-refractivity contribution in [2.45, 2.75) is 13.8 Å². The monoisotopic (exact) mass is 265 g/mol. The van der Waals surface area contributed by atoms with E-state index in [1.165, 1.54) is 0 Å². The average molecular weight is 265 g/mol. The number of benzene rings is 2. The SMILES string of the molecule is Cc1ccc(N)cc1-n1c(C)nc(=O)c2ccccc21. The van der Waals surface area contributed by atoms with Crippen molar-refractivity contribution in [3.05, 3.63) is 64.2 Å². The first kappa shape index (κ1) is 12.4. The fourth-order valence-corrected chi connectivity index (χ4v) is 2.45. The second-order valence-corrected chi connectivity index (χ2v) is 4.86. The molecule has 0 atom stereocenters. The van der Waals surface area contributed by atoms with Gasteiger partial charge in [0.1, 0.15) is 5.82 Å². The maximum atomic E-state index is 12.0. The van der Waals surface area contributed by atoms with Crippen LogP contribution >= 0.6 is 0 Å². The van der Waals surface area contributed by atoms with Gasteiger partial charge in [0.25, 0.3) is 5.56 Å². The highest BCUT2D eigenvalue weighted by atomic mass is 16.1. The predicted molar refractivity (Wildman–Crippen MR) is 81.2 cm³/mol. The highest BCUT2D eigenvalue weighted by Crippen LogP contribution is 2.22. The molecule has 0 unspecified atom stereocenters. The van der Waals surface area contributed by atoms with Crippen LogP contribution in [0, 0.1) is 13.8 Å². The van der Waals surface area contributed by atoms with Gasteiger partial charge in [-0.2, -0.15) is 4.98 Å². The molecular weight excluding hydrogens is 250 g/mol. The molecule has 0 fully saturated rings. The van der Waals surface area contributed by atoms with Crippen molar-refractivity contribution in [2.24, 2.45) is 0 Å². The molecule has 0 aliphatic heterocycles. The Morgan fingerprint density at radius 1 is 1.10 bits per heavy atom. The number of fused-ring (bicyclic) bond motifs is 1. The average Bonchev–Trinajstić information content (AvgIpc) is 2.43. The van der Waals surface area contributed by atoms with E-state index in [2.05, 4.69) is 4.98 Å². The van der Waals surface area contributed by atoms with Crippen LogP contribution in [0.4, 0.5) is 5.69 Å². The third-order valence-electron chi connectivity index (χ3n) is 3.44. The second kappa shape index (κ2) is 4.49. The van der Waals surface area contributed by atoms with Crippen LogP contribution in [0.15, 0.2) is 47.3 Å². The zero-order valence-electron chi connectivity index (χ0n) is 11.4. The summed E-state index contributed by atoms with van der Waals surface area (Å²) in [5.41, 5.74) is 9.26. The smallest absolute Gasteiger partial charge is 0.280 e. The number of hydrogen-bond acceptors (Lipinski definition) is 3. The van der Waals surface area contributed by atoms with Crippen LogP contribution in [0.1, 0.15) is 11.4 Å². The number of nitrogens with zero attached hydrogens (tertiary/aromatic N) is 2.